The summed E-state index contributed by atoms with van der Waals surface area (Å²) in [5.74, 6) is -1.46. The minimum absolute atomic E-state index is 0.0718. The summed E-state index contributed by atoms with van der Waals surface area (Å²) in [6.45, 7) is 1.48. The molecule has 0 spiro atoms. The number of rotatable bonds is 5. The Balaban J connectivity index is 1.58. The first kappa shape index (κ1) is 17.6. The molecular formula is C21H18FNO3. The zero-order valence-electron chi connectivity index (χ0n) is 14.2. The monoisotopic (exact) mass is 351 g/mol. The van der Waals surface area contributed by atoms with Crippen molar-refractivity contribution in [3.63, 3.8) is 0 Å². The average Bonchev–Trinajstić information content (AvgIpc) is 2.61. The summed E-state index contributed by atoms with van der Waals surface area (Å²) >= 11 is 0. The number of ether oxygens (including phenoxy) is 1. The van der Waals surface area contributed by atoms with Gasteiger partial charge in [0.15, 0.2) is 6.10 Å². The van der Waals surface area contributed by atoms with E-state index in [0.29, 0.717) is 5.69 Å². The largest absolute Gasteiger partial charge is 0.452 e. The number of amides is 1. The third-order valence-electron chi connectivity index (χ3n) is 3.93. The van der Waals surface area contributed by atoms with Crippen molar-refractivity contribution in [3.05, 3.63) is 78.1 Å². The number of fused-ring (bicyclic) bond motifs is 1. The van der Waals surface area contributed by atoms with Crippen LogP contribution in [0.2, 0.25) is 0 Å². The topological polar surface area (TPSA) is 55.4 Å². The van der Waals surface area contributed by atoms with Gasteiger partial charge in [-0.3, -0.25) is 9.59 Å². The van der Waals surface area contributed by atoms with E-state index in [-0.39, 0.29) is 6.42 Å². The van der Waals surface area contributed by atoms with Crippen LogP contribution in [0, 0.1) is 5.82 Å². The molecule has 3 aromatic carbocycles. The summed E-state index contributed by atoms with van der Waals surface area (Å²) in [6, 6.07) is 19.1. The molecule has 132 valence electrons. The maximum atomic E-state index is 13.1. The Kier molecular flexibility index (Phi) is 5.27. The predicted molar refractivity (Wildman–Crippen MR) is 98.2 cm³/mol. The van der Waals surface area contributed by atoms with Gasteiger partial charge in [0, 0.05) is 5.69 Å². The van der Waals surface area contributed by atoms with Gasteiger partial charge in [-0.2, -0.15) is 0 Å². The second-order valence-corrected chi connectivity index (χ2v) is 5.99. The van der Waals surface area contributed by atoms with Gasteiger partial charge in [0.25, 0.3) is 5.91 Å². The summed E-state index contributed by atoms with van der Waals surface area (Å²) in [5, 5.41) is 4.65. The molecule has 0 aliphatic heterocycles. The molecule has 0 radical (unpaired) electrons. The number of hydrogen-bond acceptors (Lipinski definition) is 3. The Morgan fingerprint density at radius 3 is 2.54 bits per heavy atom. The minimum Gasteiger partial charge on any atom is -0.452 e. The summed E-state index contributed by atoms with van der Waals surface area (Å²) in [6.07, 6.45) is -0.909. The first-order chi connectivity index (χ1) is 12.5. The van der Waals surface area contributed by atoms with E-state index < -0.39 is 23.8 Å². The van der Waals surface area contributed by atoms with Crippen LogP contribution in [-0.4, -0.2) is 18.0 Å². The van der Waals surface area contributed by atoms with E-state index in [4.69, 9.17) is 4.74 Å². The molecule has 3 rings (SSSR count). The quantitative estimate of drug-likeness (QED) is 0.705. The molecule has 0 fully saturated rings. The molecule has 0 saturated heterocycles. The Labute approximate surface area is 150 Å². The first-order valence-corrected chi connectivity index (χ1v) is 8.25. The van der Waals surface area contributed by atoms with Gasteiger partial charge in [0.05, 0.1) is 6.42 Å². The number of carbonyl (C=O) groups excluding carboxylic acids is 2. The van der Waals surface area contributed by atoms with Crippen LogP contribution in [0.5, 0.6) is 0 Å². The van der Waals surface area contributed by atoms with E-state index >= 15 is 0 Å². The van der Waals surface area contributed by atoms with E-state index in [2.05, 4.69) is 5.32 Å². The lowest BCUT2D eigenvalue weighted by Gasteiger charge is -2.14. The van der Waals surface area contributed by atoms with Crippen molar-refractivity contribution in [3.8, 4) is 0 Å². The van der Waals surface area contributed by atoms with Crippen molar-refractivity contribution >= 4 is 28.3 Å². The third kappa shape index (κ3) is 4.45. The standard InChI is InChI=1S/C21H18FNO3/c1-14(21(25)23-19-8-4-7-18(22)13-19)26-20(24)12-15-9-10-16-5-2-3-6-17(16)11-15/h2-11,13-14H,12H2,1H3,(H,23,25)/t14-/m0/s1. The highest BCUT2D eigenvalue weighted by atomic mass is 19.1. The summed E-state index contributed by atoms with van der Waals surface area (Å²) in [4.78, 5) is 24.2. The highest BCUT2D eigenvalue weighted by molar-refractivity contribution is 5.95. The highest BCUT2D eigenvalue weighted by Gasteiger charge is 2.18. The number of hydrogen-bond donors (Lipinski definition) is 1. The van der Waals surface area contributed by atoms with Crippen molar-refractivity contribution in [2.75, 3.05) is 5.32 Å². The van der Waals surface area contributed by atoms with Crippen LogP contribution >= 0.6 is 0 Å². The van der Waals surface area contributed by atoms with Crippen molar-refractivity contribution < 1.29 is 18.7 Å². The molecule has 0 heterocycles. The maximum absolute atomic E-state index is 13.1. The number of carbonyl (C=O) groups is 2. The van der Waals surface area contributed by atoms with Gasteiger partial charge in [-0.1, -0.05) is 48.5 Å². The average molecular weight is 351 g/mol. The Morgan fingerprint density at radius 1 is 1.00 bits per heavy atom. The first-order valence-electron chi connectivity index (χ1n) is 8.25. The Morgan fingerprint density at radius 2 is 1.77 bits per heavy atom. The molecule has 0 bridgehead atoms. The van der Waals surface area contributed by atoms with Crippen LogP contribution in [0.1, 0.15) is 12.5 Å². The van der Waals surface area contributed by atoms with E-state index in [1.807, 2.05) is 42.5 Å². The predicted octanol–water partition coefficient (Wildman–Crippen LogP) is 4.09. The lowest BCUT2D eigenvalue weighted by molar-refractivity contribution is -0.152. The zero-order chi connectivity index (χ0) is 18.5. The smallest absolute Gasteiger partial charge is 0.311 e. The second-order valence-electron chi connectivity index (χ2n) is 5.99. The molecular weight excluding hydrogens is 333 g/mol. The fourth-order valence-corrected chi connectivity index (χ4v) is 2.62. The van der Waals surface area contributed by atoms with Crippen molar-refractivity contribution in [2.45, 2.75) is 19.4 Å². The van der Waals surface area contributed by atoms with Crippen LogP contribution in [0.25, 0.3) is 10.8 Å². The molecule has 3 aromatic rings. The van der Waals surface area contributed by atoms with Gasteiger partial charge in [-0.05, 0) is 41.5 Å². The normalized spacial score (nSPS) is 11.8. The lowest BCUT2D eigenvalue weighted by atomic mass is 10.1. The fourth-order valence-electron chi connectivity index (χ4n) is 2.62. The van der Waals surface area contributed by atoms with Gasteiger partial charge < -0.3 is 10.1 Å². The molecule has 5 heteroatoms. The molecule has 4 nitrogen and oxygen atoms in total. The Bertz CT molecular complexity index is 955. The van der Waals surface area contributed by atoms with Crippen LogP contribution in [0.4, 0.5) is 10.1 Å². The summed E-state index contributed by atoms with van der Waals surface area (Å²) in [5.41, 5.74) is 1.12. The van der Waals surface area contributed by atoms with Crippen LogP contribution in [-0.2, 0) is 20.7 Å². The van der Waals surface area contributed by atoms with Crippen LogP contribution in [0.15, 0.2) is 66.7 Å². The van der Waals surface area contributed by atoms with E-state index in [1.165, 1.54) is 25.1 Å². The lowest BCUT2D eigenvalue weighted by Crippen LogP contribution is -2.30. The van der Waals surface area contributed by atoms with Crippen molar-refractivity contribution in [1.29, 1.82) is 0 Å². The zero-order valence-corrected chi connectivity index (χ0v) is 14.2. The number of nitrogens with one attached hydrogen (secondary N) is 1. The van der Waals surface area contributed by atoms with Crippen molar-refractivity contribution in [2.24, 2.45) is 0 Å². The van der Waals surface area contributed by atoms with E-state index in [9.17, 15) is 14.0 Å². The van der Waals surface area contributed by atoms with Gasteiger partial charge in [0.2, 0.25) is 0 Å². The molecule has 0 aliphatic rings. The van der Waals surface area contributed by atoms with E-state index in [1.54, 1.807) is 6.07 Å². The summed E-state index contributed by atoms with van der Waals surface area (Å²) in [7, 11) is 0. The highest BCUT2D eigenvalue weighted by Crippen LogP contribution is 2.16. The number of esters is 1. The molecule has 26 heavy (non-hydrogen) atoms. The van der Waals surface area contributed by atoms with Gasteiger partial charge in [0.1, 0.15) is 5.82 Å². The van der Waals surface area contributed by atoms with Gasteiger partial charge in [-0.15, -0.1) is 0 Å². The minimum atomic E-state index is -0.980. The molecule has 1 atom stereocenters. The number of anilines is 1. The van der Waals surface area contributed by atoms with E-state index in [0.717, 1.165) is 16.3 Å². The molecule has 0 aliphatic carbocycles. The van der Waals surface area contributed by atoms with Gasteiger partial charge in [-0.25, -0.2) is 4.39 Å². The van der Waals surface area contributed by atoms with Crippen LogP contribution in [0.3, 0.4) is 0 Å². The van der Waals surface area contributed by atoms with Gasteiger partial charge >= 0.3 is 5.97 Å². The number of halogens is 1. The molecule has 0 aromatic heterocycles. The molecule has 0 saturated carbocycles. The molecule has 1 amide bonds. The SMILES string of the molecule is C[C@H](OC(=O)Cc1ccc2ccccc2c1)C(=O)Nc1cccc(F)c1. The summed E-state index contributed by atoms with van der Waals surface area (Å²) < 4.78 is 18.3. The van der Waals surface area contributed by atoms with Crippen LogP contribution < -0.4 is 5.32 Å². The molecule has 1 N–H and O–H groups in total. The molecule has 0 unspecified atom stereocenters. The second kappa shape index (κ2) is 7.78. The number of benzene rings is 3. The van der Waals surface area contributed by atoms with Crippen molar-refractivity contribution in [1.82, 2.24) is 0 Å². The maximum Gasteiger partial charge on any atom is 0.311 e. The fraction of sp³-hybridized carbons (Fsp3) is 0.143. The Hall–Kier alpha value is -3.21. The third-order valence-corrected chi connectivity index (χ3v) is 3.93.